The van der Waals surface area contributed by atoms with Crippen molar-refractivity contribution < 1.29 is 4.79 Å². The average molecular weight is 378 g/mol. The van der Waals surface area contributed by atoms with Gasteiger partial charge in [0, 0.05) is 41.9 Å². The lowest BCUT2D eigenvalue weighted by molar-refractivity contribution is -0.123. The highest BCUT2D eigenvalue weighted by atomic mass is 32.1. The summed E-state index contributed by atoms with van der Waals surface area (Å²) in [6.45, 7) is 2.18. The van der Waals surface area contributed by atoms with Crippen molar-refractivity contribution in [3.8, 4) is 10.4 Å². The van der Waals surface area contributed by atoms with E-state index in [1.54, 1.807) is 11.3 Å². The van der Waals surface area contributed by atoms with E-state index in [9.17, 15) is 4.79 Å². The van der Waals surface area contributed by atoms with Crippen LogP contribution in [0.4, 0.5) is 0 Å². The molecule has 2 aliphatic rings. The zero-order chi connectivity index (χ0) is 18.2. The monoisotopic (exact) mass is 377 g/mol. The number of carbonyl (C=O) groups excluding carboxylic acids is 1. The second-order valence-corrected chi connectivity index (χ2v) is 8.67. The Labute approximate surface area is 163 Å². The van der Waals surface area contributed by atoms with E-state index >= 15 is 0 Å². The first-order valence-corrected chi connectivity index (χ1v) is 10.7. The quantitative estimate of drug-likeness (QED) is 0.663. The number of rotatable bonds is 5. The van der Waals surface area contributed by atoms with Crippen molar-refractivity contribution in [3.63, 3.8) is 0 Å². The summed E-state index contributed by atoms with van der Waals surface area (Å²) in [7, 11) is 0. The van der Waals surface area contributed by atoms with E-state index < -0.39 is 0 Å². The van der Waals surface area contributed by atoms with Crippen LogP contribution >= 0.6 is 11.3 Å². The van der Waals surface area contributed by atoms with E-state index in [-0.39, 0.29) is 5.92 Å². The predicted molar refractivity (Wildman–Crippen MR) is 109 cm³/mol. The van der Waals surface area contributed by atoms with Crippen LogP contribution in [0, 0.1) is 5.92 Å². The molecule has 0 N–H and O–H groups in total. The van der Waals surface area contributed by atoms with Gasteiger partial charge in [0.15, 0.2) is 0 Å². The van der Waals surface area contributed by atoms with Gasteiger partial charge in [0.25, 0.3) is 0 Å². The summed E-state index contributed by atoms with van der Waals surface area (Å²) in [6.07, 6.45) is 8.97. The van der Waals surface area contributed by atoms with Crippen molar-refractivity contribution >= 4 is 27.9 Å². The van der Waals surface area contributed by atoms with Gasteiger partial charge in [0.1, 0.15) is 5.78 Å². The van der Waals surface area contributed by atoms with Crippen molar-refractivity contribution in [2.45, 2.75) is 38.1 Å². The lowest BCUT2D eigenvalue weighted by Gasteiger charge is -2.31. The summed E-state index contributed by atoms with van der Waals surface area (Å²) in [4.78, 5) is 25.2. The molecule has 2 aromatic heterocycles. The molecule has 4 nitrogen and oxygen atoms in total. The minimum Gasteiger partial charge on any atom is -0.300 e. The van der Waals surface area contributed by atoms with Crippen LogP contribution < -0.4 is 0 Å². The Balaban J connectivity index is 1.30. The number of hydrogen-bond donors (Lipinski definition) is 0. The number of thiazole rings is 1. The van der Waals surface area contributed by atoms with Crippen LogP contribution in [0.25, 0.3) is 21.2 Å². The fourth-order valence-electron chi connectivity index (χ4n) is 4.14. The number of nitrogens with zero attached hydrogens (tertiary/aromatic N) is 3. The molecule has 0 amide bonds. The molecule has 0 unspecified atom stereocenters. The van der Waals surface area contributed by atoms with Gasteiger partial charge in [0.2, 0.25) is 0 Å². The zero-order valence-electron chi connectivity index (χ0n) is 15.3. The first kappa shape index (κ1) is 17.0. The molecule has 1 aliphatic carbocycles. The first-order chi connectivity index (χ1) is 13.3. The minimum absolute atomic E-state index is 0.209. The van der Waals surface area contributed by atoms with Crippen LogP contribution in [0.15, 0.2) is 42.2 Å². The molecule has 3 heterocycles. The molecule has 3 aromatic rings. The van der Waals surface area contributed by atoms with Crippen LogP contribution in [-0.2, 0) is 11.2 Å². The third kappa shape index (κ3) is 3.66. The maximum Gasteiger partial charge on any atom is 0.142 e. The third-order valence-electron chi connectivity index (χ3n) is 5.90. The maximum atomic E-state index is 12.8. The van der Waals surface area contributed by atoms with Gasteiger partial charge in [-0.05, 0) is 61.9 Å². The number of Topliss-reactive ketones (excluding diaryl/α,β-unsaturated/α-hetero) is 1. The topological polar surface area (TPSA) is 46.1 Å². The van der Waals surface area contributed by atoms with Crippen molar-refractivity contribution in [1.82, 2.24) is 14.9 Å². The van der Waals surface area contributed by atoms with Crippen LogP contribution in [0.3, 0.4) is 0 Å². The molecule has 27 heavy (non-hydrogen) atoms. The second-order valence-electron chi connectivity index (χ2n) is 7.79. The minimum atomic E-state index is 0.209. The molecular weight excluding hydrogens is 354 g/mol. The number of pyridine rings is 1. The van der Waals surface area contributed by atoms with Crippen LogP contribution in [0.2, 0.25) is 0 Å². The lowest BCUT2D eigenvalue weighted by atomic mass is 9.90. The highest BCUT2D eigenvalue weighted by molar-refractivity contribution is 7.13. The third-order valence-corrected chi connectivity index (χ3v) is 6.72. The molecule has 138 valence electrons. The second kappa shape index (κ2) is 7.13. The fourth-order valence-corrected chi connectivity index (χ4v) is 4.76. The van der Waals surface area contributed by atoms with Crippen LogP contribution in [-0.4, -0.2) is 39.8 Å². The summed E-state index contributed by atoms with van der Waals surface area (Å²) in [5.74, 6) is 0.567. The van der Waals surface area contributed by atoms with Gasteiger partial charge in [-0.15, -0.1) is 11.3 Å². The van der Waals surface area contributed by atoms with Gasteiger partial charge >= 0.3 is 0 Å². The molecule has 1 aliphatic heterocycles. The Bertz CT molecular complexity index is 957. The Morgan fingerprint density at radius 3 is 2.67 bits per heavy atom. The molecule has 1 saturated carbocycles. The summed E-state index contributed by atoms with van der Waals surface area (Å²) in [6, 6.07) is 9.27. The van der Waals surface area contributed by atoms with Crippen LogP contribution in [0.5, 0.6) is 0 Å². The molecule has 0 spiro atoms. The van der Waals surface area contributed by atoms with Gasteiger partial charge in [-0.2, -0.15) is 0 Å². The van der Waals surface area contributed by atoms with Crippen molar-refractivity contribution in [3.05, 3.63) is 47.9 Å². The molecular formula is C22H23N3OS. The van der Waals surface area contributed by atoms with Gasteiger partial charge < -0.3 is 4.90 Å². The van der Waals surface area contributed by atoms with Gasteiger partial charge in [-0.3, -0.25) is 14.8 Å². The number of fused-ring (bicyclic) bond motifs is 1. The summed E-state index contributed by atoms with van der Waals surface area (Å²) in [5.41, 5.74) is 3.91. The highest BCUT2D eigenvalue weighted by Crippen LogP contribution is 2.31. The molecule has 1 aromatic carbocycles. The number of benzene rings is 1. The predicted octanol–water partition coefficient (Wildman–Crippen LogP) is 4.34. The first-order valence-electron chi connectivity index (χ1n) is 9.80. The van der Waals surface area contributed by atoms with Gasteiger partial charge in [0.05, 0.1) is 10.4 Å². The fraction of sp³-hybridized carbons (Fsp3) is 0.409. The van der Waals surface area contributed by atoms with Crippen molar-refractivity contribution in [2.75, 3.05) is 13.1 Å². The smallest absolute Gasteiger partial charge is 0.142 e. The van der Waals surface area contributed by atoms with E-state index in [0.29, 0.717) is 12.2 Å². The Morgan fingerprint density at radius 2 is 1.93 bits per heavy atom. The van der Waals surface area contributed by atoms with E-state index in [1.165, 1.54) is 18.4 Å². The zero-order valence-corrected chi connectivity index (χ0v) is 16.1. The van der Waals surface area contributed by atoms with E-state index in [4.69, 9.17) is 0 Å². The molecule has 2 fully saturated rings. The number of piperidine rings is 1. The lowest BCUT2D eigenvalue weighted by Crippen LogP contribution is -2.38. The average Bonchev–Trinajstić information content (AvgIpc) is 3.41. The summed E-state index contributed by atoms with van der Waals surface area (Å²) < 4.78 is 0. The molecule has 0 radical (unpaired) electrons. The van der Waals surface area contributed by atoms with Crippen LogP contribution in [0.1, 0.15) is 31.4 Å². The Morgan fingerprint density at radius 1 is 1.07 bits per heavy atom. The normalized spacial score (nSPS) is 18.8. The SMILES string of the molecule is O=C(Cc1cc2cc(-c3cncs3)ccc2cn1)C1CCN(C2CC2)CC1. The number of aromatic nitrogens is 2. The van der Waals surface area contributed by atoms with Gasteiger partial charge in [-0.1, -0.05) is 12.1 Å². The summed E-state index contributed by atoms with van der Waals surface area (Å²) >= 11 is 1.64. The standard InChI is InChI=1S/C22H23N3OS/c26-21(15-5-7-25(8-6-15)20-3-4-20)11-19-10-18-9-16(22-13-23-14-27-22)1-2-17(18)12-24-19/h1-2,9-10,12-15,20H,3-8,11H2. The van der Waals surface area contributed by atoms with E-state index in [0.717, 1.165) is 53.3 Å². The largest absolute Gasteiger partial charge is 0.300 e. The maximum absolute atomic E-state index is 12.8. The van der Waals surface area contributed by atoms with Gasteiger partial charge in [-0.25, -0.2) is 0 Å². The number of ketones is 1. The molecule has 0 bridgehead atoms. The van der Waals surface area contributed by atoms with Crippen molar-refractivity contribution in [1.29, 1.82) is 0 Å². The van der Waals surface area contributed by atoms with E-state index in [2.05, 4.69) is 39.1 Å². The number of carbonyl (C=O) groups is 1. The number of hydrogen-bond acceptors (Lipinski definition) is 5. The van der Waals surface area contributed by atoms with E-state index in [1.807, 2.05) is 17.9 Å². The highest BCUT2D eigenvalue weighted by Gasteiger charge is 2.33. The summed E-state index contributed by atoms with van der Waals surface area (Å²) in [5, 5.41) is 2.25. The molecule has 1 saturated heterocycles. The Kier molecular flexibility index (Phi) is 4.50. The molecule has 5 heteroatoms. The number of likely N-dealkylation sites (tertiary alicyclic amines) is 1. The molecule has 0 atom stereocenters. The van der Waals surface area contributed by atoms with Crippen molar-refractivity contribution in [2.24, 2.45) is 5.92 Å². The molecule has 5 rings (SSSR count). The Hall–Kier alpha value is -2.11.